The number of ether oxygens (including phenoxy) is 8. The fraction of sp³-hybridized carbons (Fsp3) is 0.0909. The number of hydrogen-bond acceptors (Lipinski definition) is 20. The van der Waals surface area contributed by atoms with Crippen LogP contribution in [0.4, 0.5) is 144 Å². The monoisotopic (exact) mass is 1630 g/mol. The minimum Gasteiger partial charge on any atom is -0.497 e. The van der Waals surface area contributed by atoms with Crippen LogP contribution in [0.5, 0.6) is 46.0 Å². The van der Waals surface area contributed by atoms with Crippen molar-refractivity contribution in [3.8, 4) is 46.0 Å². The second-order valence-corrected chi connectivity index (χ2v) is 27.1. The molecule has 1 aliphatic rings. The number of H-pyrrole nitrogens is 3. The number of nitrogens with one attached hydrogen (secondary N) is 11. The van der Waals surface area contributed by atoms with Crippen LogP contribution in [-0.4, -0.2) is 76.5 Å². The van der Waals surface area contributed by atoms with Gasteiger partial charge in [0.2, 0.25) is 0 Å². The van der Waals surface area contributed by atoms with E-state index in [4.69, 9.17) is 52.9 Å². The summed E-state index contributed by atoms with van der Waals surface area (Å²) in [7, 11) is 12.1. The van der Waals surface area contributed by atoms with E-state index in [2.05, 4.69) is 62.6 Å². The lowest BCUT2D eigenvalue weighted by Gasteiger charge is -2.25. The van der Waals surface area contributed by atoms with Crippen molar-refractivity contribution < 1.29 is 73.0 Å². The van der Waals surface area contributed by atoms with Gasteiger partial charge in [-0.05, 0) is 200 Å². The van der Waals surface area contributed by atoms with Crippen LogP contribution in [0.3, 0.4) is 0 Å². The molecule has 24 nitrogen and oxygen atoms in total. The van der Waals surface area contributed by atoms with E-state index in [0.29, 0.717) is 97.2 Å². The molecule has 0 amide bonds. The second-order valence-electron chi connectivity index (χ2n) is 27.1. The molecule has 17 rings (SSSR count). The highest BCUT2D eigenvalue weighted by atomic mass is 19.2. The molecule has 4 aromatic heterocycles. The highest BCUT2D eigenvalue weighted by molar-refractivity contribution is 6.19. The maximum atomic E-state index is 17.9. The Hall–Kier alpha value is -15.8. The predicted molar refractivity (Wildman–Crippen MR) is 446 cm³/mol. The van der Waals surface area contributed by atoms with Crippen molar-refractivity contribution in [1.29, 1.82) is 0 Å². The van der Waals surface area contributed by atoms with Crippen molar-refractivity contribution in [3.63, 3.8) is 0 Å². The average molecular weight is 1630 g/mol. The van der Waals surface area contributed by atoms with Gasteiger partial charge in [0.15, 0.2) is 57.5 Å². The highest BCUT2D eigenvalue weighted by Gasteiger charge is 2.34. The molecule has 1 aliphatic heterocycles. The van der Waals surface area contributed by atoms with E-state index in [-0.39, 0.29) is 78.3 Å². The highest BCUT2D eigenvalue weighted by Crippen LogP contribution is 2.53. The molecule has 12 aromatic carbocycles. The summed E-state index contributed by atoms with van der Waals surface area (Å²) < 4.78 is 183. The van der Waals surface area contributed by atoms with Crippen LogP contribution >= 0.6 is 0 Å². The topological polar surface area (TPSA) is 272 Å². The molecule has 0 fully saturated rings. The first-order chi connectivity index (χ1) is 58.3. The number of aromatic amines is 3. The fourth-order valence-electron chi connectivity index (χ4n) is 14.2. The zero-order chi connectivity index (χ0) is 83.3. The number of rotatable bonds is 24. The third kappa shape index (κ3) is 14.1. The van der Waals surface area contributed by atoms with Crippen LogP contribution in [0, 0.1) is 46.5 Å². The Bertz CT molecular complexity index is 6960. The lowest BCUT2D eigenvalue weighted by Crippen LogP contribution is -2.33. The number of aromatic nitrogens is 4. The number of fused-ring (bicyclic) bond motifs is 20. The largest absolute Gasteiger partial charge is 0.497 e. The van der Waals surface area contributed by atoms with Gasteiger partial charge in [-0.2, -0.15) is 0 Å². The maximum absolute atomic E-state index is 17.9. The number of methoxy groups -OCH3 is 8. The van der Waals surface area contributed by atoms with Crippen molar-refractivity contribution in [2.75, 3.05) is 99.5 Å². The zero-order valence-corrected chi connectivity index (χ0v) is 64.6. The first-order valence-electron chi connectivity index (χ1n) is 36.8. The molecule has 11 N–H and O–H groups in total. The Morgan fingerprint density at radius 1 is 0.242 bits per heavy atom. The molecule has 0 saturated carbocycles. The van der Waals surface area contributed by atoms with Crippen LogP contribution in [0.1, 0.15) is 0 Å². The van der Waals surface area contributed by atoms with Crippen molar-refractivity contribution in [2.45, 2.75) is 0 Å². The summed E-state index contributed by atoms with van der Waals surface area (Å²) >= 11 is 0. The number of benzene rings is 12. The van der Waals surface area contributed by atoms with Gasteiger partial charge in [0.1, 0.15) is 80.2 Å². The Labute approximate surface area is 675 Å². The molecule has 5 heterocycles. The first kappa shape index (κ1) is 76.8. The van der Waals surface area contributed by atoms with E-state index in [1.54, 1.807) is 200 Å². The van der Waals surface area contributed by atoms with Gasteiger partial charge in [-0.15, -0.1) is 0 Å². The molecule has 0 radical (unpaired) electrons. The molecular weight excluding hydrogens is 1560 g/mol. The van der Waals surface area contributed by atoms with Gasteiger partial charge in [-0.25, -0.2) is 59.8 Å². The van der Waals surface area contributed by atoms with Gasteiger partial charge in [-0.1, -0.05) is 0 Å². The fourth-order valence-corrected chi connectivity index (χ4v) is 14.2. The molecule has 0 saturated heterocycles. The summed E-state index contributed by atoms with van der Waals surface area (Å²) in [6.45, 7) is 0. The lowest BCUT2D eigenvalue weighted by atomic mass is 10.0. The van der Waals surface area contributed by atoms with Crippen LogP contribution < -0.4 is 102 Å². The van der Waals surface area contributed by atoms with Crippen molar-refractivity contribution in [2.24, 2.45) is 20.0 Å². The summed E-state index contributed by atoms with van der Waals surface area (Å²) in [5.74, 6) is -15.6. The van der Waals surface area contributed by atoms with Gasteiger partial charge in [0, 0.05) is 45.2 Å². The number of anilines is 15. The standard InChI is InChI=1S/C88H68F8N16O8/c1-113-50-25-9-42(10-26-50)97-59-41-58-60(76(99-44-13-29-52(115-3)30-14-44)75(59)98-43-11-27-51(114-2)28-12-43)82-104-81(58)105-83-61-62(68(90)72(94)71(93)67(61)89)84(106-83)107-85-63-64(70(92)74(96)73(95)69(63)91)86(108-85)110-88-66-65(87(109-82)112(88)111-49-23-39-57(120-8)40-24-49)77(100-45-15-31-53(116-4)32-16-45)79(102-47-19-35-55(118-6)36-20-47)80(103-48-21-37-56(119-7)38-22-48)78(66)101-46-17-33-54(117-5)34-18-46/h9-41,97-103,111H,1-8H3,(H3,104,105,106,107,108,109,110). The number of halogens is 8. The van der Waals surface area contributed by atoms with Gasteiger partial charge >= 0.3 is 0 Å². The molecule has 16 aromatic rings. The van der Waals surface area contributed by atoms with E-state index in [1.165, 1.54) is 61.6 Å². The summed E-state index contributed by atoms with van der Waals surface area (Å²) in [5, 5.41) is 21.7. The molecule has 0 unspecified atom stereocenters. The van der Waals surface area contributed by atoms with Crippen LogP contribution in [0.2, 0.25) is 0 Å². The second kappa shape index (κ2) is 31.8. The summed E-state index contributed by atoms with van der Waals surface area (Å²) in [4.78, 5) is 29.6. The van der Waals surface area contributed by atoms with E-state index in [0.717, 1.165) is 0 Å². The maximum Gasteiger partial charge on any atom is 0.198 e. The van der Waals surface area contributed by atoms with E-state index < -0.39 is 90.7 Å². The van der Waals surface area contributed by atoms with Gasteiger partial charge < -0.3 is 90.1 Å². The Morgan fingerprint density at radius 2 is 0.492 bits per heavy atom. The normalized spacial score (nSPS) is 11.6. The van der Waals surface area contributed by atoms with Crippen LogP contribution in [0.15, 0.2) is 220 Å². The smallest absolute Gasteiger partial charge is 0.198 e. The minimum absolute atomic E-state index is 0.0201. The molecule has 8 bridgehead atoms. The minimum atomic E-state index is -2.33. The molecule has 604 valence electrons. The van der Waals surface area contributed by atoms with Crippen molar-refractivity contribution >= 4 is 152 Å². The summed E-state index contributed by atoms with van der Waals surface area (Å²) in [6, 6.07) is 57.1. The summed E-state index contributed by atoms with van der Waals surface area (Å²) in [5.41, 5.74) is 6.32. The third-order valence-electron chi connectivity index (χ3n) is 20.1. The quantitative estimate of drug-likeness (QED) is 0.0152. The summed E-state index contributed by atoms with van der Waals surface area (Å²) in [6.07, 6.45) is 0. The van der Waals surface area contributed by atoms with Crippen molar-refractivity contribution in [3.05, 3.63) is 269 Å². The molecule has 120 heavy (non-hydrogen) atoms. The Morgan fingerprint density at radius 3 is 0.817 bits per heavy atom. The Balaban J connectivity index is 1.16. The van der Waals surface area contributed by atoms with E-state index in [9.17, 15) is 0 Å². The van der Waals surface area contributed by atoms with Crippen molar-refractivity contribution in [1.82, 2.24) is 19.6 Å². The zero-order valence-electron chi connectivity index (χ0n) is 64.6. The van der Waals surface area contributed by atoms with Gasteiger partial charge in [-0.3, -0.25) is 5.43 Å². The molecule has 32 heteroatoms. The first-order valence-corrected chi connectivity index (χ1v) is 36.8. The molecule has 0 atom stereocenters. The average Bonchev–Trinajstić information content (AvgIpc) is 1.47. The third-order valence-corrected chi connectivity index (χ3v) is 20.1. The van der Waals surface area contributed by atoms with E-state index >= 15 is 35.1 Å². The molecule has 0 aliphatic carbocycles. The molecule has 0 spiro atoms. The van der Waals surface area contributed by atoms with Crippen LogP contribution in [0.25, 0.3) is 43.1 Å². The van der Waals surface area contributed by atoms with Gasteiger partial charge in [0.05, 0.1) is 140 Å². The molecular formula is C88H68F8N16O8. The lowest BCUT2D eigenvalue weighted by molar-refractivity contribution is 0.414. The predicted octanol–water partition coefficient (Wildman–Crippen LogP) is 20.5. The number of hydrogen-bond donors (Lipinski definition) is 11. The Kier molecular flexibility index (Phi) is 20.4. The number of nitrogens with zero attached hydrogens (tertiary/aromatic N) is 5. The SMILES string of the molecule is COc1ccc(Nc2cc3c4[nH]c(c3c(Nc3ccc(OC)cc3)c2Nc2ccc(OC)cc2)N=c2c3c(Nc5ccc(OC)cc5)c(Nc5ccc(OC)cc5)c(Nc5ccc(OC)cc5)c(Nc5ccc(OC)cc5)c3c(n2Nc2ccc(OC)cc2)=Nc2[nH]c(c3c(F)c(F)c(F)c(F)c23)N=c2[nH]c(c3c(F)c(F)c(F)c(F)c23)=N4)cc1. The van der Waals surface area contributed by atoms with Gasteiger partial charge in [0.25, 0.3) is 0 Å². The van der Waals surface area contributed by atoms with E-state index in [1.807, 2.05) is 0 Å². The van der Waals surface area contributed by atoms with Crippen LogP contribution in [-0.2, 0) is 0 Å².